The van der Waals surface area contributed by atoms with Crippen LogP contribution in [0, 0.1) is 0 Å². The summed E-state index contributed by atoms with van der Waals surface area (Å²) in [6.07, 6.45) is -1.19. The van der Waals surface area contributed by atoms with Crippen molar-refractivity contribution >= 4 is 17.1 Å². The minimum atomic E-state index is -4.42. The number of rotatable bonds is 7. The Labute approximate surface area is 125 Å². The summed E-state index contributed by atoms with van der Waals surface area (Å²) >= 11 is 0. The minimum absolute atomic E-state index is 0.211. The van der Waals surface area contributed by atoms with Gasteiger partial charge in [-0.3, -0.25) is 4.57 Å². The van der Waals surface area contributed by atoms with Crippen molar-refractivity contribution in [1.82, 2.24) is 14.5 Å². The molecule has 2 heterocycles. The predicted octanol–water partition coefficient (Wildman–Crippen LogP) is 2.99. The normalized spacial score (nSPS) is 11.8. The molecule has 0 saturated carbocycles. The van der Waals surface area contributed by atoms with E-state index in [1.165, 1.54) is 0 Å². The van der Waals surface area contributed by atoms with Crippen molar-refractivity contribution in [3.8, 4) is 0 Å². The summed E-state index contributed by atoms with van der Waals surface area (Å²) in [6, 6.07) is 1.00. The molecule has 2 aromatic heterocycles. The Bertz CT molecular complexity index is 651. The van der Waals surface area contributed by atoms with E-state index in [4.69, 9.17) is 4.74 Å². The van der Waals surface area contributed by atoms with Gasteiger partial charge in [-0.15, -0.1) is 6.58 Å². The predicted molar refractivity (Wildman–Crippen MR) is 77.6 cm³/mol. The van der Waals surface area contributed by atoms with E-state index in [2.05, 4.69) is 21.9 Å². The fourth-order valence-electron chi connectivity index (χ4n) is 1.93. The van der Waals surface area contributed by atoms with Gasteiger partial charge < -0.3 is 10.1 Å². The number of fused-ring (bicyclic) bond motifs is 1. The van der Waals surface area contributed by atoms with Crippen LogP contribution in [0.1, 0.15) is 12.0 Å². The Morgan fingerprint density at radius 3 is 2.91 bits per heavy atom. The van der Waals surface area contributed by atoms with Crippen molar-refractivity contribution in [1.29, 1.82) is 0 Å². The molecule has 22 heavy (non-hydrogen) atoms. The van der Waals surface area contributed by atoms with Crippen LogP contribution in [0.15, 0.2) is 24.9 Å². The van der Waals surface area contributed by atoms with Crippen LogP contribution < -0.4 is 5.32 Å². The van der Waals surface area contributed by atoms with Gasteiger partial charge in [0.1, 0.15) is 5.52 Å². The van der Waals surface area contributed by atoms with Crippen LogP contribution in [0.4, 0.5) is 19.1 Å². The summed E-state index contributed by atoms with van der Waals surface area (Å²) < 4.78 is 44.9. The average molecular weight is 314 g/mol. The second kappa shape index (κ2) is 6.78. The van der Waals surface area contributed by atoms with Crippen molar-refractivity contribution in [2.45, 2.75) is 12.6 Å². The average Bonchev–Trinajstić information content (AvgIpc) is 2.78. The van der Waals surface area contributed by atoms with Crippen molar-refractivity contribution in [2.75, 3.05) is 25.1 Å². The first-order valence-electron chi connectivity index (χ1n) is 6.75. The summed E-state index contributed by atoms with van der Waals surface area (Å²) in [5.41, 5.74) is -0.191. The summed E-state index contributed by atoms with van der Waals surface area (Å²) in [5, 5.41) is 3.06. The molecule has 5 nitrogen and oxygen atoms in total. The van der Waals surface area contributed by atoms with Gasteiger partial charge >= 0.3 is 6.18 Å². The molecule has 1 N–H and O–H groups in total. The third kappa shape index (κ3) is 3.76. The van der Waals surface area contributed by atoms with Crippen molar-refractivity contribution < 1.29 is 17.9 Å². The quantitative estimate of drug-likeness (QED) is 0.630. The molecule has 0 atom stereocenters. The highest BCUT2D eigenvalue weighted by molar-refractivity contribution is 5.75. The van der Waals surface area contributed by atoms with Gasteiger partial charge in [-0.1, -0.05) is 6.08 Å². The van der Waals surface area contributed by atoms with Crippen LogP contribution >= 0.6 is 0 Å². The number of ether oxygens (including phenoxy) is 1. The second-order valence-electron chi connectivity index (χ2n) is 4.70. The van der Waals surface area contributed by atoms with Crippen LogP contribution in [-0.2, 0) is 18.0 Å². The van der Waals surface area contributed by atoms with Gasteiger partial charge in [0.05, 0.1) is 12.2 Å². The molecule has 0 radical (unpaired) electrons. The molecule has 0 aliphatic heterocycles. The van der Waals surface area contributed by atoms with Gasteiger partial charge in [0.25, 0.3) is 0 Å². The molecule has 0 bridgehead atoms. The number of aromatic nitrogens is 3. The molecule has 0 aromatic carbocycles. The summed E-state index contributed by atoms with van der Waals surface area (Å²) in [6.45, 7) is 5.21. The maximum absolute atomic E-state index is 12.7. The Morgan fingerprint density at radius 1 is 1.45 bits per heavy atom. The third-order valence-corrected chi connectivity index (χ3v) is 3.02. The molecule has 0 aliphatic rings. The van der Waals surface area contributed by atoms with Gasteiger partial charge in [-0.05, 0) is 12.5 Å². The fourth-order valence-corrected chi connectivity index (χ4v) is 1.93. The molecule has 0 unspecified atom stereocenters. The standard InChI is InChI=1S/C14H17F3N4O/c1-3-6-22-7-4-5-18-13-20-11-8-10(14(15,16)17)9-19-12(11)21(13)2/h3,8-9H,1,4-7H2,2H3,(H,18,20). The van der Waals surface area contributed by atoms with Crippen LogP contribution in [0.5, 0.6) is 0 Å². The van der Waals surface area contributed by atoms with Crippen molar-refractivity contribution in [3.63, 3.8) is 0 Å². The molecule has 0 saturated heterocycles. The molecule has 2 aromatic rings. The fraction of sp³-hybridized carbons (Fsp3) is 0.429. The Morgan fingerprint density at radius 2 is 2.23 bits per heavy atom. The highest BCUT2D eigenvalue weighted by Gasteiger charge is 2.31. The molecule has 8 heteroatoms. The van der Waals surface area contributed by atoms with Crippen LogP contribution in [0.2, 0.25) is 0 Å². The lowest BCUT2D eigenvalue weighted by Gasteiger charge is -2.06. The number of hydrogen-bond donors (Lipinski definition) is 1. The van der Waals surface area contributed by atoms with E-state index >= 15 is 0 Å². The first-order chi connectivity index (χ1) is 10.4. The first kappa shape index (κ1) is 16.3. The molecule has 0 aliphatic carbocycles. The SMILES string of the molecule is C=CCOCCCNc1nc2cc(C(F)(F)F)cnc2n1C. The number of pyridine rings is 1. The van der Waals surface area contributed by atoms with E-state index in [9.17, 15) is 13.2 Å². The zero-order valence-electron chi connectivity index (χ0n) is 12.2. The number of halogens is 3. The van der Waals surface area contributed by atoms with E-state index in [0.29, 0.717) is 31.4 Å². The van der Waals surface area contributed by atoms with Crippen LogP contribution in [0.25, 0.3) is 11.2 Å². The number of hydrogen-bond acceptors (Lipinski definition) is 4. The van der Waals surface area contributed by atoms with Crippen LogP contribution in [-0.4, -0.2) is 34.3 Å². The topological polar surface area (TPSA) is 52.0 Å². The zero-order chi connectivity index (χ0) is 16.2. The number of alkyl halides is 3. The minimum Gasteiger partial charge on any atom is -0.377 e. The van der Waals surface area contributed by atoms with Gasteiger partial charge in [-0.25, -0.2) is 9.97 Å². The lowest BCUT2D eigenvalue weighted by Crippen LogP contribution is -2.09. The highest BCUT2D eigenvalue weighted by atomic mass is 19.4. The smallest absolute Gasteiger partial charge is 0.377 e. The highest BCUT2D eigenvalue weighted by Crippen LogP contribution is 2.30. The molecular weight excluding hydrogens is 297 g/mol. The van der Waals surface area contributed by atoms with Gasteiger partial charge in [-0.2, -0.15) is 13.2 Å². The van der Waals surface area contributed by atoms with Crippen molar-refractivity contribution in [3.05, 3.63) is 30.5 Å². The molecule has 2 rings (SSSR count). The Kier molecular flexibility index (Phi) is 5.02. The lowest BCUT2D eigenvalue weighted by molar-refractivity contribution is -0.137. The van der Waals surface area contributed by atoms with E-state index < -0.39 is 11.7 Å². The van der Waals surface area contributed by atoms with E-state index in [0.717, 1.165) is 18.7 Å². The lowest BCUT2D eigenvalue weighted by atomic mass is 10.2. The van der Waals surface area contributed by atoms with E-state index in [-0.39, 0.29) is 5.52 Å². The van der Waals surface area contributed by atoms with Crippen LogP contribution in [0.3, 0.4) is 0 Å². The molecular formula is C14H17F3N4O. The van der Waals surface area contributed by atoms with Gasteiger partial charge in [0, 0.05) is 26.4 Å². The maximum Gasteiger partial charge on any atom is 0.417 e. The Balaban J connectivity index is 2.05. The number of nitrogens with zero attached hydrogens (tertiary/aromatic N) is 3. The number of imidazole rings is 1. The molecule has 0 spiro atoms. The first-order valence-corrected chi connectivity index (χ1v) is 6.75. The summed E-state index contributed by atoms with van der Waals surface area (Å²) in [7, 11) is 1.70. The largest absolute Gasteiger partial charge is 0.417 e. The van der Waals surface area contributed by atoms with Gasteiger partial charge in [0.15, 0.2) is 5.65 Å². The number of nitrogens with one attached hydrogen (secondary N) is 1. The monoisotopic (exact) mass is 314 g/mol. The summed E-state index contributed by atoms with van der Waals surface area (Å²) in [5.74, 6) is 0.477. The zero-order valence-corrected chi connectivity index (χ0v) is 12.2. The third-order valence-electron chi connectivity index (χ3n) is 3.02. The van der Waals surface area contributed by atoms with E-state index in [1.807, 2.05) is 0 Å². The van der Waals surface area contributed by atoms with E-state index in [1.54, 1.807) is 17.7 Å². The maximum atomic E-state index is 12.7. The summed E-state index contributed by atoms with van der Waals surface area (Å²) in [4.78, 5) is 7.99. The molecule has 0 amide bonds. The molecule has 0 fully saturated rings. The molecule has 120 valence electrons. The Hall–Kier alpha value is -2.09. The number of aryl methyl sites for hydroxylation is 1. The van der Waals surface area contributed by atoms with Gasteiger partial charge in [0.2, 0.25) is 5.95 Å². The second-order valence-corrected chi connectivity index (χ2v) is 4.70. The number of anilines is 1. The van der Waals surface area contributed by atoms with Crippen molar-refractivity contribution in [2.24, 2.45) is 7.05 Å².